The van der Waals surface area contributed by atoms with Crippen LogP contribution in [0, 0.1) is 0 Å². The van der Waals surface area contributed by atoms with Crippen molar-refractivity contribution in [3.05, 3.63) is 132 Å². The maximum Gasteiger partial charge on any atom is 0.137 e. The molecule has 0 radical (unpaired) electrons. The second kappa shape index (κ2) is 18.7. The fourth-order valence-corrected chi connectivity index (χ4v) is 3.88. The van der Waals surface area contributed by atoms with E-state index in [0.29, 0.717) is 36.0 Å². The van der Waals surface area contributed by atoms with E-state index in [0.717, 1.165) is 30.4 Å². The van der Waals surface area contributed by atoms with Gasteiger partial charge in [-0.05, 0) is 54.2 Å². The summed E-state index contributed by atoms with van der Waals surface area (Å²) in [6, 6.07) is 22.4. The SMILES string of the molecule is C=C(C=N[C@H](CO)c1ccccc1)/C=C\C(=C/N)OCCCCCOc1ccc(C=N[C@H](CO)c2ccccc2)nc1. The third-order valence-corrected chi connectivity index (χ3v) is 6.23. The average molecular weight is 569 g/mol. The lowest BCUT2D eigenvalue weighted by Crippen LogP contribution is -2.02. The highest BCUT2D eigenvalue weighted by atomic mass is 16.5. The van der Waals surface area contributed by atoms with Gasteiger partial charge in [-0.3, -0.25) is 15.0 Å². The molecule has 0 fully saturated rings. The Morgan fingerprint density at radius 1 is 0.833 bits per heavy atom. The number of nitrogens with zero attached hydrogens (tertiary/aromatic N) is 3. The highest BCUT2D eigenvalue weighted by Gasteiger charge is 2.07. The van der Waals surface area contributed by atoms with Crippen molar-refractivity contribution in [3.8, 4) is 5.75 Å². The van der Waals surface area contributed by atoms with Gasteiger partial charge in [0.1, 0.15) is 11.5 Å². The van der Waals surface area contributed by atoms with Crippen LogP contribution in [0.4, 0.5) is 0 Å². The molecule has 2 aromatic carbocycles. The number of rotatable bonds is 18. The van der Waals surface area contributed by atoms with Crippen LogP contribution in [0.1, 0.15) is 48.2 Å². The summed E-state index contributed by atoms with van der Waals surface area (Å²) in [5, 5.41) is 19.3. The minimum Gasteiger partial charge on any atom is -0.492 e. The van der Waals surface area contributed by atoms with Crippen molar-refractivity contribution in [2.45, 2.75) is 31.3 Å². The van der Waals surface area contributed by atoms with E-state index in [4.69, 9.17) is 15.2 Å². The van der Waals surface area contributed by atoms with Crippen LogP contribution in [0.15, 0.2) is 125 Å². The molecule has 0 aliphatic rings. The van der Waals surface area contributed by atoms with E-state index in [1.807, 2.05) is 72.8 Å². The number of ether oxygens (including phenoxy) is 2. The second-order valence-corrected chi connectivity index (χ2v) is 9.43. The van der Waals surface area contributed by atoms with Crippen molar-refractivity contribution >= 4 is 12.4 Å². The van der Waals surface area contributed by atoms with Gasteiger partial charge in [0.05, 0.1) is 50.4 Å². The third kappa shape index (κ3) is 11.5. The number of aliphatic hydroxyl groups excluding tert-OH is 2. The van der Waals surface area contributed by atoms with Gasteiger partial charge in [-0.1, -0.05) is 73.3 Å². The molecule has 0 spiro atoms. The zero-order valence-corrected chi connectivity index (χ0v) is 23.8. The molecule has 8 nitrogen and oxygen atoms in total. The van der Waals surface area contributed by atoms with E-state index >= 15 is 0 Å². The first-order valence-corrected chi connectivity index (χ1v) is 14.0. The van der Waals surface area contributed by atoms with E-state index in [-0.39, 0.29) is 25.3 Å². The van der Waals surface area contributed by atoms with Crippen molar-refractivity contribution in [2.24, 2.45) is 15.7 Å². The summed E-state index contributed by atoms with van der Waals surface area (Å²) >= 11 is 0. The number of nitrogens with two attached hydrogens (primary N) is 1. The minimum absolute atomic E-state index is 0.0691. The quantitative estimate of drug-likeness (QED) is 0.0804. The van der Waals surface area contributed by atoms with E-state index in [9.17, 15) is 10.2 Å². The molecular weight excluding hydrogens is 528 g/mol. The largest absolute Gasteiger partial charge is 0.492 e. The molecule has 3 aromatic rings. The molecule has 220 valence electrons. The van der Waals surface area contributed by atoms with Crippen LogP contribution in [0.2, 0.25) is 0 Å². The number of aliphatic imine (C=N–C) groups is 2. The number of unbranched alkanes of at least 4 members (excludes halogenated alkanes) is 2. The number of allylic oxidation sites excluding steroid dienone is 3. The topological polar surface area (TPSA) is 123 Å². The number of hydrogen-bond donors (Lipinski definition) is 3. The summed E-state index contributed by atoms with van der Waals surface area (Å²) in [4.78, 5) is 13.3. The normalized spacial score (nSPS) is 13.5. The number of hydrogen-bond acceptors (Lipinski definition) is 8. The Bertz CT molecular complexity index is 1310. The molecule has 0 saturated heterocycles. The first kappa shape index (κ1) is 32.0. The Balaban J connectivity index is 1.30. The smallest absolute Gasteiger partial charge is 0.137 e. The predicted molar refractivity (Wildman–Crippen MR) is 169 cm³/mol. The Morgan fingerprint density at radius 2 is 1.48 bits per heavy atom. The average Bonchev–Trinajstić information content (AvgIpc) is 3.04. The molecule has 0 aliphatic carbocycles. The van der Waals surface area contributed by atoms with Crippen LogP contribution in [-0.4, -0.2) is 54.1 Å². The number of aromatic nitrogens is 1. The van der Waals surface area contributed by atoms with Crippen LogP contribution in [0.3, 0.4) is 0 Å². The molecule has 8 heteroatoms. The highest BCUT2D eigenvalue weighted by molar-refractivity contribution is 5.81. The van der Waals surface area contributed by atoms with Gasteiger partial charge in [0, 0.05) is 18.6 Å². The van der Waals surface area contributed by atoms with Crippen molar-refractivity contribution in [3.63, 3.8) is 0 Å². The summed E-state index contributed by atoms with van der Waals surface area (Å²) in [5.41, 5.74) is 8.97. The summed E-state index contributed by atoms with van der Waals surface area (Å²) in [6.45, 7) is 4.93. The van der Waals surface area contributed by atoms with E-state index in [2.05, 4.69) is 21.5 Å². The van der Waals surface area contributed by atoms with Gasteiger partial charge in [0.15, 0.2) is 0 Å². The van der Waals surface area contributed by atoms with Crippen LogP contribution >= 0.6 is 0 Å². The van der Waals surface area contributed by atoms with E-state index in [1.165, 1.54) is 6.20 Å². The molecule has 0 aliphatic heterocycles. The first-order valence-electron chi connectivity index (χ1n) is 14.0. The molecule has 0 saturated carbocycles. The molecule has 1 aromatic heterocycles. The lowest BCUT2D eigenvalue weighted by molar-refractivity contribution is 0.212. The van der Waals surface area contributed by atoms with E-state index < -0.39 is 0 Å². The Morgan fingerprint density at radius 3 is 2.07 bits per heavy atom. The summed E-state index contributed by atoms with van der Waals surface area (Å²) in [5.74, 6) is 1.24. The zero-order chi connectivity index (χ0) is 29.8. The summed E-state index contributed by atoms with van der Waals surface area (Å²) in [7, 11) is 0. The van der Waals surface area contributed by atoms with Crippen molar-refractivity contribution < 1.29 is 19.7 Å². The lowest BCUT2D eigenvalue weighted by atomic mass is 10.1. The van der Waals surface area contributed by atoms with Crippen molar-refractivity contribution in [1.82, 2.24) is 4.98 Å². The summed E-state index contributed by atoms with van der Waals surface area (Å²) < 4.78 is 11.6. The maximum atomic E-state index is 9.64. The van der Waals surface area contributed by atoms with Crippen LogP contribution in [0.25, 0.3) is 0 Å². The second-order valence-electron chi connectivity index (χ2n) is 9.43. The molecular formula is C34H40N4O4. The van der Waals surface area contributed by atoms with E-state index in [1.54, 1.807) is 30.8 Å². The Hall–Kier alpha value is -4.53. The van der Waals surface area contributed by atoms with Gasteiger partial charge in [-0.15, -0.1) is 0 Å². The molecule has 0 unspecified atom stereocenters. The van der Waals surface area contributed by atoms with Gasteiger partial charge < -0.3 is 25.4 Å². The van der Waals surface area contributed by atoms with Crippen molar-refractivity contribution in [1.29, 1.82) is 0 Å². The van der Waals surface area contributed by atoms with Gasteiger partial charge in [0.2, 0.25) is 0 Å². The molecule has 42 heavy (non-hydrogen) atoms. The highest BCUT2D eigenvalue weighted by Crippen LogP contribution is 2.17. The predicted octanol–water partition coefficient (Wildman–Crippen LogP) is 5.52. The van der Waals surface area contributed by atoms with Gasteiger partial charge in [0.25, 0.3) is 0 Å². The van der Waals surface area contributed by atoms with Gasteiger partial charge >= 0.3 is 0 Å². The fraction of sp³-hybridized carbons (Fsp3) is 0.265. The number of pyridine rings is 1. The number of benzene rings is 2. The van der Waals surface area contributed by atoms with Crippen LogP contribution < -0.4 is 10.5 Å². The van der Waals surface area contributed by atoms with Crippen LogP contribution in [0.5, 0.6) is 5.75 Å². The molecule has 3 rings (SSSR count). The van der Waals surface area contributed by atoms with Crippen molar-refractivity contribution in [2.75, 3.05) is 26.4 Å². The molecule has 1 heterocycles. The third-order valence-electron chi connectivity index (χ3n) is 6.23. The first-order chi connectivity index (χ1) is 20.6. The molecule has 0 bridgehead atoms. The molecule has 4 N–H and O–H groups in total. The zero-order valence-electron chi connectivity index (χ0n) is 23.8. The Labute approximate surface area is 248 Å². The molecule has 2 atom stereocenters. The van der Waals surface area contributed by atoms with Gasteiger partial charge in [-0.25, -0.2) is 0 Å². The standard InChI is InChI=1S/C34H40N4O4/c1-27(22-37-33(25-39)28-11-5-2-6-12-28)15-17-31(21-35)41-19-9-4-10-20-42-32-18-16-30(36-24-32)23-38-34(26-40)29-13-7-3-8-14-29/h2-3,5-8,11-18,21-24,33-34,39-40H,1,4,9-10,19-20,25-26,35H2/b17-15-,31-21+,37-22?,38-23?/t33-,34-/m1/s1. The van der Waals surface area contributed by atoms with Gasteiger partial charge in [-0.2, -0.15) is 0 Å². The number of aliphatic hydroxyl groups is 2. The summed E-state index contributed by atoms with van der Waals surface area (Å²) in [6.07, 6.45) is 12.6. The lowest BCUT2D eigenvalue weighted by Gasteiger charge is -2.09. The Kier molecular flexibility index (Phi) is 14.3. The fourth-order valence-electron chi connectivity index (χ4n) is 3.88. The van der Waals surface area contributed by atoms with Crippen LogP contribution in [-0.2, 0) is 4.74 Å². The minimum atomic E-state index is -0.332. The monoisotopic (exact) mass is 568 g/mol. The molecule has 0 amide bonds. The maximum absolute atomic E-state index is 9.64.